The minimum atomic E-state index is -4.64. The molecule has 0 saturated carbocycles. The lowest BCUT2D eigenvalue weighted by Gasteiger charge is -2.25. The molecule has 230 valence electrons. The molecule has 2 unspecified atom stereocenters. The van der Waals surface area contributed by atoms with Crippen molar-refractivity contribution in [3.8, 4) is 0 Å². The Labute approximate surface area is 256 Å². The Morgan fingerprint density at radius 1 is 1.09 bits per heavy atom. The van der Waals surface area contributed by atoms with Gasteiger partial charge in [0.1, 0.15) is 5.00 Å². The van der Waals surface area contributed by atoms with Crippen LogP contribution in [0.15, 0.2) is 47.6 Å². The predicted octanol–water partition coefficient (Wildman–Crippen LogP) is 5.49. The number of hydrogen-bond acceptors (Lipinski definition) is 7. The smallest absolute Gasteiger partial charge is 0.392 e. The first-order valence-corrected chi connectivity index (χ1v) is 14.8. The van der Waals surface area contributed by atoms with Gasteiger partial charge in [-0.2, -0.15) is 18.3 Å². The van der Waals surface area contributed by atoms with Gasteiger partial charge in [-0.25, -0.2) is 5.43 Å². The summed E-state index contributed by atoms with van der Waals surface area (Å²) in [6.45, 7) is 4.44. The molecule has 0 radical (unpaired) electrons. The maximum Gasteiger partial charge on any atom is 0.417 e. The molecule has 1 aromatic heterocycles. The number of halogens is 4. The molecule has 4 rings (SSSR count). The number of benzene rings is 2. The van der Waals surface area contributed by atoms with Crippen molar-refractivity contribution in [3.63, 3.8) is 0 Å². The lowest BCUT2D eigenvalue weighted by atomic mass is 10.1. The zero-order valence-electron chi connectivity index (χ0n) is 23.5. The third kappa shape index (κ3) is 8.64. The van der Waals surface area contributed by atoms with Crippen LogP contribution < -0.4 is 10.7 Å². The lowest BCUT2D eigenvalue weighted by Crippen LogP contribution is -2.35. The molecular weight excluding hydrogens is 605 g/mol. The van der Waals surface area contributed by atoms with E-state index in [2.05, 4.69) is 15.8 Å². The Bertz CT molecular complexity index is 1500. The number of nitrogens with zero attached hydrogens (tertiary/aromatic N) is 2. The van der Waals surface area contributed by atoms with Crippen molar-refractivity contribution in [3.05, 3.63) is 85.7 Å². The monoisotopic (exact) mass is 636 g/mol. The predicted molar refractivity (Wildman–Crippen MR) is 161 cm³/mol. The van der Waals surface area contributed by atoms with E-state index in [-0.39, 0.29) is 11.1 Å². The third-order valence-electron chi connectivity index (χ3n) is 6.69. The van der Waals surface area contributed by atoms with Crippen LogP contribution in [0.1, 0.15) is 68.1 Å². The first-order valence-electron chi connectivity index (χ1n) is 13.6. The number of fused-ring (bicyclic) bond motifs is 1. The average molecular weight is 637 g/mol. The summed E-state index contributed by atoms with van der Waals surface area (Å²) in [5.41, 5.74) is 3.75. The molecule has 3 aromatic rings. The fraction of sp³-hybridized carbons (Fsp3) is 0.367. The fourth-order valence-electron chi connectivity index (χ4n) is 4.99. The second kappa shape index (κ2) is 14.0. The highest BCUT2D eigenvalue weighted by molar-refractivity contribution is 7.17. The van der Waals surface area contributed by atoms with Crippen LogP contribution in [0, 0.1) is 0 Å². The molecule has 43 heavy (non-hydrogen) atoms. The van der Waals surface area contributed by atoms with Gasteiger partial charge >= 0.3 is 6.18 Å². The normalized spacial score (nSPS) is 14.6. The average Bonchev–Trinajstić information content (AvgIpc) is 3.49. The highest BCUT2D eigenvalue weighted by Crippen LogP contribution is 2.39. The Kier molecular flexibility index (Phi) is 10.6. The highest BCUT2D eigenvalue weighted by Gasteiger charge is 2.33. The van der Waals surface area contributed by atoms with Gasteiger partial charge in [-0.1, -0.05) is 29.8 Å². The number of thiophene rings is 1. The van der Waals surface area contributed by atoms with E-state index in [1.54, 1.807) is 32.0 Å². The van der Waals surface area contributed by atoms with Crippen molar-refractivity contribution < 1.29 is 33.0 Å². The molecule has 1 heterocycles. The van der Waals surface area contributed by atoms with Crippen molar-refractivity contribution in [1.29, 1.82) is 0 Å². The van der Waals surface area contributed by atoms with Gasteiger partial charge in [-0.05, 0) is 74.1 Å². The molecule has 0 aliphatic heterocycles. The standard InChI is InChI=1S/C30H32ClF3N4O4S/c1-17(39)14-38(15-18(2)40)16-20-5-3-6-21(11-20)27(41)36-29-26(22-7-4-8-25(22)43-29)28(42)37-35-13-19-9-10-24(31)23(12-19)30(32,33)34/h3,5-6,9-13,17-18,39-40H,4,7-8,14-16H2,1-2H3,(H,36,41)(H,37,42)/b35-13+. The number of hydrazone groups is 1. The van der Waals surface area contributed by atoms with Crippen LogP contribution >= 0.6 is 22.9 Å². The summed E-state index contributed by atoms with van der Waals surface area (Å²) in [7, 11) is 0. The largest absolute Gasteiger partial charge is 0.417 e. The molecule has 0 saturated heterocycles. The number of carbonyl (C=O) groups excluding carboxylic acids is 2. The summed E-state index contributed by atoms with van der Waals surface area (Å²) < 4.78 is 39.5. The summed E-state index contributed by atoms with van der Waals surface area (Å²) in [6, 6.07) is 10.3. The van der Waals surface area contributed by atoms with Gasteiger partial charge < -0.3 is 15.5 Å². The van der Waals surface area contributed by atoms with Crippen molar-refractivity contribution in [1.82, 2.24) is 10.3 Å². The van der Waals surface area contributed by atoms with Gasteiger partial charge in [0.25, 0.3) is 11.8 Å². The van der Waals surface area contributed by atoms with Crippen LogP contribution in [0.25, 0.3) is 0 Å². The number of aliphatic hydroxyl groups is 2. The Hall–Kier alpha value is -3.29. The molecule has 0 bridgehead atoms. The molecule has 2 aromatic carbocycles. The number of rotatable bonds is 11. The topological polar surface area (TPSA) is 114 Å². The number of alkyl halides is 3. The molecule has 2 amide bonds. The highest BCUT2D eigenvalue weighted by atomic mass is 35.5. The second-order valence-corrected chi connectivity index (χ2v) is 12.1. The SMILES string of the molecule is CC(O)CN(Cc1cccc(C(=O)Nc2sc3c(c2C(=O)N/N=C/c2ccc(Cl)c(C(F)(F)F)c2)CCC3)c1)CC(C)O. The molecule has 4 N–H and O–H groups in total. The van der Waals surface area contributed by atoms with Gasteiger partial charge in [0.05, 0.1) is 34.6 Å². The van der Waals surface area contributed by atoms with Gasteiger partial charge in [0, 0.05) is 30.1 Å². The second-order valence-electron chi connectivity index (χ2n) is 10.5. The number of nitrogens with one attached hydrogen (secondary N) is 2. The Morgan fingerprint density at radius 2 is 1.81 bits per heavy atom. The summed E-state index contributed by atoms with van der Waals surface area (Å²) in [4.78, 5) is 29.4. The number of amides is 2. The van der Waals surface area contributed by atoms with Gasteiger partial charge in [-0.3, -0.25) is 14.5 Å². The van der Waals surface area contributed by atoms with E-state index in [1.807, 2.05) is 11.0 Å². The molecule has 1 aliphatic rings. The van der Waals surface area contributed by atoms with E-state index in [1.165, 1.54) is 17.4 Å². The molecule has 8 nitrogen and oxygen atoms in total. The van der Waals surface area contributed by atoms with Gasteiger partial charge in [0.2, 0.25) is 0 Å². The number of carbonyl (C=O) groups is 2. The van der Waals surface area contributed by atoms with Crippen LogP contribution in [-0.2, 0) is 25.6 Å². The van der Waals surface area contributed by atoms with Gasteiger partial charge in [0.15, 0.2) is 0 Å². The van der Waals surface area contributed by atoms with E-state index in [9.17, 15) is 33.0 Å². The van der Waals surface area contributed by atoms with E-state index in [0.29, 0.717) is 36.6 Å². The van der Waals surface area contributed by atoms with Crippen LogP contribution in [0.5, 0.6) is 0 Å². The summed E-state index contributed by atoms with van der Waals surface area (Å²) in [6.07, 6.45) is -2.45. The van der Waals surface area contributed by atoms with E-state index < -0.39 is 40.8 Å². The Balaban J connectivity index is 1.50. The molecule has 13 heteroatoms. The molecule has 0 spiro atoms. The molecule has 1 aliphatic carbocycles. The minimum Gasteiger partial charge on any atom is -0.392 e. The zero-order valence-corrected chi connectivity index (χ0v) is 25.1. The van der Waals surface area contributed by atoms with Crippen LogP contribution in [0.4, 0.5) is 18.2 Å². The van der Waals surface area contributed by atoms with Crippen molar-refractivity contribution in [2.75, 3.05) is 18.4 Å². The zero-order chi connectivity index (χ0) is 31.3. The number of aliphatic hydroxyl groups excluding tert-OH is 2. The van der Waals surface area contributed by atoms with E-state index >= 15 is 0 Å². The van der Waals surface area contributed by atoms with Crippen molar-refractivity contribution in [2.45, 2.75) is 58.0 Å². The molecule has 0 fully saturated rings. The first-order chi connectivity index (χ1) is 20.3. The minimum absolute atomic E-state index is 0.0986. The number of anilines is 1. The van der Waals surface area contributed by atoms with Crippen molar-refractivity contribution >= 4 is 46.0 Å². The van der Waals surface area contributed by atoms with Crippen LogP contribution in [-0.4, -0.2) is 58.4 Å². The van der Waals surface area contributed by atoms with Crippen LogP contribution in [0.2, 0.25) is 5.02 Å². The summed E-state index contributed by atoms with van der Waals surface area (Å²) in [5.74, 6) is -1.01. The lowest BCUT2D eigenvalue weighted by molar-refractivity contribution is -0.137. The fourth-order valence-corrected chi connectivity index (χ4v) is 6.50. The molecule has 2 atom stereocenters. The maximum absolute atomic E-state index is 13.3. The number of aryl methyl sites for hydroxylation is 1. The summed E-state index contributed by atoms with van der Waals surface area (Å²) >= 11 is 6.99. The van der Waals surface area contributed by atoms with Crippen molar-refractivity contribution in [2.24, 2.45) is 5.10 Å². The van der Waals surface area contributed by atoms with Gasteiger partial charge in [-0.15, -0.1) is 11.3 Å². The third-order valence-corrected chi connectivity index (χ3v) is 8.23. The summed E-state index contributed by atoms with van der Waals surface area (Å²) in [5, 5.41) is 26.3. The maximum atomic E-state index is 13.3. The molecular formula is C30H32ClF3N4O4S. The van der Waals surface area contributed by atoms with Crippen LogP contribution in [0.3, 0.4) is 0 Å². The van der Waals surface area contributed by atoms with E-state index in [4.69, 9.17) is 11.6 Å². The number of hydrogen-bond donors (Lipinski definition) is 4. The first kappa shape index (κ1) is 32.6. The quantitative estimate of drug-likeness (QED) is 0.164. The Morgan fingerprint density at radius 3 is 2.49 bits per heavy atom. The van der Waals surface area contributed by atoms with E-state index in [0.717, 1.165) is 47.2 Å².